The van der Waals surface area contributed by atoms with E-state index in [-0.39, 0.29) is 6.54 Å². The van der Waals surface area contributed by atoms with Gasteiger partial charge in [0.05, 0.1) is 0 Å². The van der Waals surface area contributed by atoms with Crippen LogP contribution < -0.4 is 9.67 Å². The molecule has 11 heteroatoms. The van der Waals surface area contributed by atoms with Crippen LogP contribution in [-0.4, -0.2) is 58.1 Å². The van der Waals surface area contributed by atoms with Crippen molar-refractivity contribution in [3.8, 4) is 0 Å². The molecule has 4 rings (SSSR count). The predicted octanol–water partition coefficient (Wildman–Crippen LogP) is 2.04. The number of allylic oxidation sites excluding steroid dienone is 3. The molecule has 0 spiro atoms. The number of hydrogen-bond acceptors (Lipinski definition) is 4. The zero-order valence-electron chi connectivity index (χ0n) is 17.1. The molecule has 1 aromatic carbocycles. The summed E-state index contributed by atoms with van der Waals surface area (Å²) in [7, 11) is -3.77. The van der Waals surface area contributed by atoms with Gasteiger partial charge in [-0.05, 0) is 0 Å². The zero-order valence-corrected chi connectivity index (χ0v) is 21.2. The standard InChI is InChI=1S/C20H22Cl2N4O3SSe/c1-3-24-8-9-31-19(24)5-4-13-6-7-25-16-10-14(21)15(22)11-17(16)26(20(13)25)12-18(27)23-30(2,28)29/h4-5,10-11H,3,6-9,12H2,1-2H3. The average Bonchev–Trinajstić information content (AvgIpc) is 3.36. The van der Waals surface area contributed by atoms with Gasteiger partial charge in [-0.1, -0.05) is 0 Å². The van der Waals surface area contributed by atoms with Crippen LogP contribution in [0.5, 0.6) is 0 Å². The fourth-order valence-corrected chi connectivity index (χ4v) is 7.04. The number of aryl methyl sites for hydroxylation is 1. The summed E-state index contributed by atoms with van der Waals surface area (Å²) in [5, 5.41) is 14.4. The second-order valence-electron chi connectivity index (χ2n) is 7.41. The van der Waals surface area contributed by atoms with Crippen molar-refractivity contribution in [1.82, 2.24) is 9.47 Å². The second kappa shape index (κ2) is 8.79. The van der Waals surface area contributed by atoms with Crippen LogP contribution in [0.25, 0.3) is 16.6 Å². The third kappa shape index (κ3) is 4.66. The maximum atomic E-state index is 12.4. The van der Waals surface area contributed by atoms with E-state index in [2.05, 4.69) is 32.9 Å². The van der Waals surface area contributed by atoms with Crippen LogP contribution >= 0.6 is 23.2 Å². The number of rotatable bonds is 5. The van der Waals surface area contributed by atoms with Gasteiger partial charge in [0.15, 0.2) is 0 Å². The molecule has 0 bridgehead atoms. The quantitative estimate of drug-likeness (QED) is 0.248. The monoisotopic (exact) mass is 548 g/mol. The van der Waals surface area contributed by atoms with Crippen molar-refractivity contribution in [2.45, 2.75) is 31.8 Å². The molecule has 31 heavy (non-hydrogen) atoms. The summed E-state index contributed by atoms with van der Waals surface area (Å²) in [6.45, 7) is 4.81. The minimum atomic E-state index is -3.77. The van der Waals surface area contributed by atoms with Crippen LogP contribution in [0.1, 0.15) is 19.2 Å². The molecule has 1 saturated heterocycles. The average molecular weight is 548 g/mol. The molecule has 1 aromatic heterocycles. The summed E-state index contributed by atoms with van der Waals surface area (Å²) < 4.78 is 31.5. The van der Waals surface area contributed by atoms with Gasteiger partial charge in [-0.3, -0.25) is 0 Å². The normalized spacial score (nSPS) is 19.9. The molecule has 0 amide bonds. The molecular formula is C20H22Cl2N4O3SSe. The predicted molar refractivity (Wildman–Crippen MR) is 123 cm³/mol. The molecule has 0 aliphatic carbocycles. The van der Waals surface area contributed by atoms with Crippen molar-refractivity contribution in [3.63, 3.8) is 0 Å². The number of sulfonamides is 1. The Hall–Kier alpha value is -1.51. The van der Waals surface area contributed by atoms with E-state index in [4.69, 9.17) is 23.2 Å². The Morgan fingerprint density at radius 3 is 2.77 bits per heavy atom. The summed E-state index contributed by atoms with van der Waals surface area (Å²) in [6.07, 6.45) is 6.04. The maximum absolute atomic E-state index is 12.4. The second-order valence-corrected chi connectivity index (χ2v) is 12.2. The molecule has 0 radical (unpaired) electrons. The van der Waals surface area contributed by atoms with E-state index < -0.39 is 15.9 Å². The number of fused-ring (bicyclic) bond motifs is 3. The molecule has 3 heterocycles. The van der Waals surface area contributed by atoms with Gasteiger partial charge in [0.25, 0.3) is 0 Å². The van der Waals surface area contributed by atoms with Crippen LogP contribution in [0.2, 0.25) is 15.4 Å². The Morgan fingerprint density at radius 2 is 2.06 bits per heavy atom. The fourth-order valence-electron chi connectivity index (χ4n) is 4.02. The number of aromatic nitrogens is 2. The van der Waals surface area contributed by atoms with Gasteiger partial charge in [-0.2, -0.15) is 0 Å². The molecule has 2 aromatic rings. The summed E-state index contributed by atoms with van der Waals surface area (Å²) >= 11 is 13.0. The first-order chi connectivity index (χ1) is 14.7. The van der Waals surface area contributed by atoms with E-state index in [1.54, 1.807) is 16.7 Å². The zero-order chi connectivity index (χ0) is 22.3. The van der Waals surface area contributed by atoms with Crippen LogP contribution in [-0.2, 0) is 23.1 Å². The van der Waals surface area contributed by atoms with Crippen LogP contribution in [0.15, 0.2) is 33.3 Å². The van der Waals surface area contributed by atoms with E-state index in [1.165, 1.54) is 9.91 Å². The van der Waals surface area contributed by atoms with Crippen LogP contribution in [0, 0.1) is 0 Å². The third-order valence-electron chi connectivity index (χ3n) is 5.30. The van der Waals surface area contributed by atoms with E-state index in [0.29, 0.717) is 25.0 Å². The van der Waals surface area contributed by atoms with E-state index in [1.807, 2.05) is 0 Å². The third-order valence-corrected chi connectivity index (χ3v) is 8.81. The van der Waals surface area contributed by atoms with Gasteiger partial charge in [-0.25, -0.2) is 0 Å². The molecular weight excluding hydrogens is 526 g/mol. The first-order valence-electron chi connectivity index (χ1n) is 9.84. The Kier molecular flexibility index (Phi) is 6.43. The Morgan fingerprint density at radius 1 is 1.32 bits per heavy atom. The van der Waals surface area contributed by atoms with Crippen molar-refractivity contribution < 1.29 is 18.1 Å². The fraction of sp³-hybridized carbons (Fsp3) is 0.400. The molecule has 7 nitrogen and oxygen atoms in total. The number of benzene rings is 1. The molecule has 0 saturated carbocycles. The Balaban J connectivity index is 1.85. The van der Waals surface area contributed by atoms with Crippen LogP contribution in [0.4, 0.5) is 0 Å². The SMILES string of the molecule is CCN1CC[Se]C1=CC=C1CC[n+]2c1n(CC([O-])=NS(C)(=O)=O)c1cc(Cl)c(Cl)cc12. The first kappa shape index (κ1) is 22.7. The van der Waals surface area contributed by atoms with E-state index in [0.717, 1.165) is 54.7 Å². The number of nitrogens with zero attached hydrogens (tertiary/aromatic N) is 4. The topological polar surface area (TPSA) is 81.6 Å². The summed E-state index contributed by atoms with van der Waals surface area (Å²) in [4.78, 5) is 2.39. The minimum absolute atomic E-state index is 0.192. The molecule has 2 aliphatic heterocycles. The molecule has 166 valence electrons. The summed E-state index contributed by atoms with van der Waals surface area (Å²) in [6, 6.07) is 3.50. The van der Waals surface area contributed by atoms with Crippen molar-refractivity contribution in [2.75, 3.05) is 19.3 Å². The molecule has 1 fully saturated rings. The van der Waals surface area contributed by atoms with E-state index >= 15 is 0 Å². The molecule has 0 unspecified atom stereocenters. The van der Waals surface area contributed by atoms with Gasteiger partial charge in [0, 0.05) is 0 Å². The van der Waals surface area contributed by atoms with Crippen molar-refractivity contribution in [2.24, 2.45) is 4.40 Å². The number of imidazole rings is 1. The number of halogens is 2. The Bertz CT molecular complexity index is 1250. The summed E-state index contributed by atoms with van der Waals surface area (Å²) in [5.74, 6) is 0.130. The van der Waals surface area contributed by atoms with Gasteiger partial charge in [0.1, 0.15) is 0 Å². The van der Waals surface area contributed by atoms with Crippen molar-refractivity contribution >= 4 is 70.7 Å². The van der Waals surface area contributed by atoms with Gasteiger partial charge < -0.3 is 0 Å². The van der Waals surface area contributed by atoms with Gasteiger partial charge in [0.2, 0.25) is 0 Å². The van der Waals surface area contributed by atoms with Gasteiger partial charge in [-0.15, -0.1) is 0 Å². The van der Waals surface area contributed by atoms with Crippen molar-refractivity contribution in [3.05, 3.63) is 44.7 Å². The first-order valence-corrected chi connectivity index (χ1v) is 14.5. The molecule has 0 N–H and O–H groups in total. The van der Waals surface area contributed by atoms with Crippen molar-refractivity contribution in [1.29, 1.82) is 0 Å². The van der Waals surface area contributed by atoms with Crippen LogP contribution in [0.3, 0.4) is 0 Å². The Labute approximate surface area is 197 Å². The molecule has 2 aliphatic rings. The number of hydrogen-bond donors (Lipinski definition) is 0. The summed E-state index contributed by atoms with van der Waals surface area (Å²) in [5.41, 5.74) is 2.66. The molecule has 0 atom stereocenters. The van der Waals surface area contributed by atoms with E-state index in [9.17, 15) is 13.5 Å². The van der Waals surface area contributed by atoms with Gasteiger partial charge >= 0.3 is 198 Å².